The van der Waals surface area contributed by atoms with Gasteiger partial charge in [-0.1, -0.05) is 13.8 Å². The number of nitrogens with one attached hydrogen (secondary N) is 1. The molecule has 1 amide bonds. The topological polar surface area (TPSA) is 68.0 Å². The predicted molar refractivity (Wildman–Crippen MR) is 61.5 cm³/mol. The lowest BCUT2D eigenvalue weighted by Crippen LogP contribution is -2.44. The van der Waals surface area contributed by atoms with Crippen LogP contribution < -0.4 is 11.1 Å². The lowest BCUT2D eigenvalue weighted by Gasteiger charge is -2.18. The number of rotatable bonds is 4. The van der Waals surface area contributed by atoms with Crippen molar-refractivity contribution in [2.24, 2.45) is 11.7 Å². The first-order chi connectivity index (χ1) is 7.02. The number of hydrogen-bond acceptors (Lipinski definition) is 4. The van der Waals surface area contributed by atoms with Gasteiger partial charge in [-0.05, 0) is 12.8 Å². The molecule has 1 aromatic heterocycles. The van der Waals surface area contributed by atoms with Crippen molar-refractivity contribution in [1.29, 1.82) is 0 Å². The monoisotopic (exact) mass is 227 g/mol. The van der Waals surface area contributed by atoms with Gasteiger partial charge in [-0.2, -0.15) is 0 Å². The number of aromatic nitrogens is 1. The first-order valence-corrected chi connectivity index (χ1v) is 5.85. The Morgan fingerprint density at radius 2 is 2.20 bits per heavy atom. The van der Waals surface area contributed by atoms with Crippen LogP contribution in [0.2, 0.25) is 0 Å². The van der Waals surface area contributed by atoms with E-state index in [0.29, 0.717) is 0 Å². The van der Waals surface area contributed by atoms with Gasteiger partial charge in [-0.15, -0.1) is 11.3 Å². The van der Waals surface area contributed by atoms with Gasteiger partial charge in [0.05, 0.1) is 12.1 Å². The minimum atomic E-state index is -0.451. The molecular formula is C10H17N3OS. The van der Waals surface area contributed by atoms with E-state index in [4.69, 9.17) is 5.73 Å². The normalized spacial score (nSPS) is 15.0. The molecular weight excluding hydrogens is 210 g/mol. The number of nitrogens with zero attached hydrogens (tertiary/aromatic N) is 1. The Morgan fingerprint density at radius 3 is 2.67 bits per heavy atom. The van der Waals surface area contributed by atoms with Gasteiger partial charge in [-0.25, -0.2) is 4.98 Å². The molecule has 4 nitrogen and oxygen atoms in total. The summed E-state index contributed by atoms with van der Waals surface area (Å²) in [7, 11) is 0. The van der Waals surface area contributed by atoms with Crippen LogP contribution in [0.3, 0.4) is 0 Å². The van der Waals surface area contributed by atoms with Crippen LogP contribution in [0.25, 0.3) is 0 Å². The molecule has 0 spiro atoms. The Morgan fingerprint density at radius 1 is 1.53 bits per heavy atom. The molecule has 1 rings (SSSR count). The maximum atomic E-state index is 11.6. The summed E-state index contributed by atoms with van der Waals surface area (Å²) in [4.78, 5) is 15.8. The van der Waals surface area contributed by atoms with Crippen molar-refractivity contribution >= 4 is 17.2 Å². The van der Waals surface area contributed by atoms with Gasteiger partial charge < -0.3 is 11.1 Å². The molecule has 0 bridgehead atoms. The van der Waals surface area contributed by atoms with Crippen molar-refractivity contribution in [2.75, 3.05) is 0 Å². The van der Waals surface area contributed by atoms with E-state index in [1.54, 1.807) is 6.20 Å². The molecule has 0 aliphatic carbocycles. The van der Waals surface area contributed by atoms with E-state index in [-0.39, 0.29) is 17.9 Å². The molecule has 0 aliphatic rings. The third-order valence-corrected chi connectivity index (χ3v) is 3.16. The maximum absolute atomic E-state index is 11.6. The molecule has 0 radical (unpaired) electrons. The van der Waals surface area contributed by atoms with Gasteiger partial charge in [0.15, 0.2) is 0 Å². The molecule has 0 saturated carbocycles. The highest BCUT2D eigenvalue weighted by Crippen LogP contribution is 2.14. The Hall–Kier alpha value is -0.940. The molecule has 15 heavy (non-hydrogen) atoms. The lowest BCUT2D eigenvalue weighted by atomic mass is 10.0. The molecule has 0 fully saturated rings. The van der Waals surface area contributed by atoms with Gasteiger partial charge in [0, 0.05) is 11.6 Å². The molecule has 5 heteroatoms. The number of carbonyl (C=O) groups excluding carboxylic acids is 1. The molecule has 1 aromatic rings. The highest BCUT2D eigenvalue weighted by atomic mass is 32.1. The SMILES string of the molecule is CC(NC(=O)C(N)C(C)C)c1nccs1. The van der Waals surface area contributed by atoms with E-state index in [9.17, 15) is 4.79 Å². The molecule has 3 N–H and O–H groups in total. The minimum absolute atomic E-state index is 0.0673. The van der Waals surface area contributed by atoms with Gasteiger partial charge >= 0.3 is 0 Å². The molecule has 0 aliphatic heterocycles. The number of hydrogen-bond donors (Lipinski definition) is 2. The summed E-state index contributed by atoms with van der Waals surface area (Å²) in [6.07, 6.45) is 1.73. The zero-order chi connectivity index (χ0) is 11.4. The third-order valence-electron chi connectivity index (χ3n) is 2.20. The Kier molecular flexibility index (Phi) is 4.23. The van der Waals surface area contributed by atoms with E-state index in [2.05, 4.69) is 10.3 Å². The highest BCUT2D eigenvalue weighted by Gasteiger charge is 2.20. The van der Waals surface area contributed by atoms with Gasteiger partial charge in [0.2, 0.25) is 5.91 Å². The van der Waals surface area contributed by atoms with Crippen LogP contribution in [0.4, 0.5) is 0 Å². The van der Waals surface area contributed by atoms with E-state index < -0.39 is 6.04 Å². The van der Waals surface area contributed by atoms with Gasteiger partial charge in [0.25, 0.3) is 0 Å². The fraction of sp³-hybridized carbons (Fsp3) is 0.600. The molecule has 84 valence electrons. The molecule has 0 saturated heterocycles. The van der Waals surface area contributed by atoms with Crippen molar-refractivity contribution in [3.63, 3.8) is 0 Å². The number of carbonyl (C=O) groups is 1. The van der Waals surface area contributed by atoms with Gasteiger partial charge in [0.1, 0.15) is 5.01 Å². The quantitative estimate of drug-likeness (QED) is 0.814. The highest BCUT2D eigenvalue weighted by molar-refractivity contribution is 7.09. The lowest BCUT2D eigenvalue weighted by molar-refractivity contribution is -0.123. The third kappa shape index (κ3) is 3.28. The first kappa shape index (κ1) is 12.1. The molecule has 2 atom stereocenters. The second-order valence-corrected chi connectivity index (χ2v) is 4.80. The Bertz CT molecular complexity index is 310. The van der Waals surface area contributed by atoms with E-state index >= 15 is 0 Å². The van der Waals surface area contributed by atoms with Crippen molar-refractivity contribution < 1.29 is 4.79 Å². The number of amides is 1. The van der Waals surface area contributed by atoms with E-state index in [1.807, 2.05) is 26.2 Å². The summed E-state index contributed by atoms with van der Waals surface area (Å²) < 4.78 is 0. The molecule has 2 unspecified atom stereocenters. The smallest absolute Gasteiger partial charge is 0.237 e. The van der Waals surface area contributed by atoms with Crippen LogP contribution in [-0.4, -0.2) is 16.9 Å². The summed E-state index contributed by atoms with van der Waals surface area (Å²) >= 11 is 1.53. The Balaban J connectivity index is 2.52. The average Bonchev–Trinajstić information content (AvgIpc) is 2.68. The fourth-order valence-corrected chi connectivity index (χ4v) is 1.77. The minimum Gasteiger partial charge on any atom is -0.346 e. The second kappa shape index (κ2) is 5.23. The van der Waals surface area contributed by atoms with Crippen LogP contribution in [0.15, 0.2) is 11.6 Å². The predicted octanol–water partition coefficient (Wildman–Crippen LogP) is 1.30. The maximum Gasteiger partial charge on any atom is 0.237 e. The summed E-state index contributed by atoms with van der Waals surface area (Å²) in [5, 5.41) is 5.64. The van der Waals surface area contributed by atoms with Crippen LogP contribution in [-0.2, 0) is 4.79 Å². The zero-order valence-electron chi connectivity index (χ0n) is 9.23. The van der Waals surface area contributed by atoms with E-state index in [0.717, 1.165) is 5.01 Å². The zero-order valence-corrected chi connectivity index (χ0v) is 10.0. The van der Waals surface area contributed by atoms with Crippen molar-refractivity contribution in [2.45, 2.75) is 32.9 Å². The molecule has 0 aromatic carbocycles. The van der Waals surface area contributed by atoms with Crippen molar-refractivity contribution in [1.82, 2.24) is 10.3 Å². The average molecular weight is 227 g/mol. The second-order valence-electron chi connectivity index (χ2n) is 3.87. The van der Waals surface area contributed by atoms with Crippen molar-refractivity contribution in [3.8, 4) is 0 Å². The number of thiazole rings is 1. The van der Waals surface area contributed by atoms with E-state index in [1.165, 1.54) is 11.3 Å². The Labute approximate surface area is 93.9 Å². The summed E-state index contributed by atoms with van der Waals surface area (Å²) in [6, 6.07) is -0.519. The summed E-state index contributed by atoms with van der Waals surface area (Å²) in [5.41, 5.74) is 5.73. The fourth-order valence-electron chi connectivity index (χ4n) is 1.12. The summed E-state index contributed by atoms with van der Waals surface area (Å²) in [5.74, 6) is 0.0289. The molecule has 1 heterocycles. The van der Waals surface area contributed by atoms with Gasteiger partial charge in [-0.3, -0.25) is 4.79 Å². The first-order valence-electron chi connectivity index (χ1n) is 4.97. The van der Waals surface area contributed by atoms with Crippen LogP contribution in [0, 0.1) is 5.92 Å². The standard InChI is InChI=1S/C10H17N3OS/c1-6(2)8(11)9(14)13-7(3)10-12-4-5-15-10/h4-8H,11H2,1-3H3,(H,13,14). The summed E-state index contributed by atoms with van der Waals surface area (Å²) in [6.45, 7) is 5.76. The number of nitrogens with two attached hydrogens (primary N) is 1. The largest absolute Gasteiger partial charge is 0.346 e. The van der Waals surface area contributed by atoms with Crippen LogP contribution >= 0.6 is 11.3 Å². The van der Waals surface area contributed by atoms with Crippen LogP contribution in [0.1, 0.15) is 31.8 Å². The van der Waals surface area contributed by atoms with Crippen LogP contribution in [0.5, 0.6) is 0 Å². The van der Waals surface area contributed by atoms with Crippen molar-refractivity contribution in [3.05, 3.63) is 16.6 Å².